The number of ether oxygens (including phenoxy) is 4. The molecule has 0 saturated carbocycles. The number of carbonyl (C=O) groups excluding carboxylic acids is 4. The maximum absolute atomic E-state index is 12.6. The van der Waals surface area contributed by atoms with Gasteiger partial charge in [0, 0.05) is 12.8 Å². The van der Waals surface area contributed by atoms with Crippen molar-refractivity contribution in [3.63, 3.8) is 0 Å². The molecule has 10 nitrogen and oxygen atoms in total. The molecule has 10 heteroatoms. The van der Waals surface area contributed by atoms with Crippen LogP contribution in [0.15, 0.2) is 0 Å². The van der Waals surface area contributed by atoms with Gasteiger partial charge >= 0.3 is 23.9 Å². The van der Waals surface area contributed by atoms with Crippen molar-refractivity contribution >= 4 is 23.9 Å². The first-order chi connectivity index (χ1) is 26.7. The van der Waals surface area contributed by atoms with Crippen LogP contribution in [0.25, 0.3) is 0 Å². The molecule has 0 aromatic rings. The maximum atomic E-state index is 12.6. The lowest BCUT2D eigenvalue weighted by Gasteiger charge is -2.28. The highest BCUT2D eigenvalue weighted by molar-refractivity contribution is 5.72. The van der Waals surface area contributed by atoms with Crippen molar-refractivity contribution in [1.82, 2.24) is 0 Å². The molecule has 55 heavy (non-hydrogen) atoms. The Hall–Kier alpha value is -2.20. The van der Waals surface area contributed by atoms with E-state index in [0.29, 0.717) is 26.1 Å². The first kappa shape index (κ1) is 52.8. The van der Waals surface area contributed by atoms with E-state index in [9.17, 15) is 29.4 Å². The van der Waals surface area contributed by atoms with Gasteiger partial charge in [-0.15, -0.1) is 0 Å². The van der Waals surface area contributed by atoms with Crippen LogP contribution in [0, 0.1) is 17.3 Å². The molecule has 0 radical (unpaired) electrons. The molecule has 0 aromatic carbocycles. The van der Waals surface area contributed by atoms with Gasteiger partial charge in [0.2, 0.25) is 0 Å². The fourth-order valence-electron chi connectivity index (χ4n) is 6.57. The molecule has 324 valence electrons. The van der Waals surface area contributed by atoms with Crippen LogP contribution in [0.4, 0.5) is 0 Å². The number of unbranched alkanes of at least 4 members (excludes halogenated alkanes) is 16. The second-order valence-electron chi connectivity index (χ2n) is 15.9. The summed E-state index contributed by atoms with van der Waals surface area (Å²) in [6, 6.07) is 0. The molecule has 0 heterocycles. The van der Waals surface area contributed by atoms with Crippen LogP contribution in [0.1, 0.15) is 207 Å². The van der Waals surface area contributed by atoms with Crippen molar-refractivity contribution in [2.75, 3.05) is 39.6 Å². The maximum Gasteiger partial charge on any atom is 0.308 e. The topological polar surface area (TPSA) is 146 Å². The highest BCUT2D eigenvalue weighted by Crippen LogP contribution is 2.22. The molecule has 0 aliphatic heterocycles. The third-order valence-electron chi connectivity index (χ3n) is 10.6. The first-order valence-electron chi connectivity index (χ1n) is 22.6. The van der Waals surface area contributed by atoms with E-state index >= 15 is 0 Å². The lowest BCUT2D eigenvalue weighted by Crippen LogP contribution is -2.41. The summed E-state index contributed by atoms with van der Waals surface area (Å²) >= 11 is 0. The van der Waals surface area contributed by atoms with Crippen LogP contribution < -0.4 is 0 Å². The zero-order valence-electron chi connectivity index (χ0n) is 35.9. The predicted molar refractivity (Wildman–Crippen MR) is 219 cm³/mol. The Bertz CT molecular complexity index is 865. The standard InChI is InChI=1S/C45H84O10/c1-5-9-13-21-29-39(27-11-7-3)43(50)52-33-25-19-15-17-23-31-41(48)54-37-45(35-46,36-47)38-55-42(49)32-24-18-16-20-26-34-53-44(51)40(28-12-8-4)30-22-14-10-6-2/h39-40,46-47H,5-38H2,1-4H3. The lowest BCUT2D eigenvalue weighted by molar-refractivity contribution is -0.159. The minimum atomic E-state index is -1.25. The Morgan fingerprint density at radius 3 is 1.11 bits per heavy atom. The van der Waals surface area contributed by atoms with Gasteiger partial charge in [-0.05, 0) is 51.4 Å². The predicted octanol–water partition coefficient (Wildman–Crippen LogP) is 10.4. The summed E-state index contributed by atoms with van der Waals surface area (Å²) in [6.07, 6.45) is 25.9. The summed E-state index contributed by atoms with van der Waals surface area (Å²) in [5, 5.41) is 19.9. The van der Waals surface area contributed by atoms with Crippen LogP contribution in [0.2, 0.25) is 0 Å². The summed E-state index contributed by atoms with van der Waals surface area (Å²) in [5.41, 5.74) is -1.25. The number of carbonyl (C=O) groups is 4. The number of esters is 4. The normalized spacial score (nSPS) is 12.6. The van der Waals surface area contributed by atoms with Crippen molar-refractivity contribution in [2.45, 2.75) is 207 Å². The van der Waals surface area contributed by atoms with Crippen LogP contribution in [-0.4, -0.2) is 73.7 Å². The minimum absolute atomic E-state index is 0.0146. The molecule has 0 fully saturated rings. The van der Waals surface area contributed by atoms with Crippen molar-refractivity contribution in [3.05, 3.63) is 0 Å². The molecule has 0 spiro atoms. The molecule has 2 unspecified atom stereocenters. The Balaban J connectivity index is 4.14. The Labute approximate surface area is 335 Å². The first-order valence-corrected chi connectivity index (χ1v) is 22.6. The summed E-state index contributed by atoms with van der Waals surface area (Å²) in [4.78, 5) is 49.9. The molecule has 0 aromatic heterocycles. The number of hydrogen-bond donors (Lipinski definition) is 2. The molecular formula is C45H84O10. The smallest absolute Gasteiger partial charge is 0.308 e. The van der Waals surface area contributed by atoms with E-state index in [1.165, 1.54) is 38.5 Å². The third kappa shape index (κ3) is 29.7. The fourth-order valence-corrected chi connectivity index (χ4v) is 6.57. The molecular weight excluding hydrogens is 700 g/mol. The Kier molecular flexibility index (Phi) is 35.9. The van der Waals surface area contributed by atoms with Gasteiger partial charge in [-0.2, -0.15) is 0 Å². The van der Waals surface area contributed by atoms with Crippen LogP contribution in [0.3, 0.4) is 0 Å². The Morgan fingerprint density at radius 2 is 0.745 bits per heavy atom. The molecule has 0 bridgehead atoms. The molecule has 2 atom stereocenters. The van der Waals surface area contributed by atoms with E-state index in [4.69, 9.17) is 18.9 Å². The van der Waals surface area contributed by atoms with Crippen molar-refractivity contribution in [3.8, 4) is 0 Å². The molecule has 2 N–H and O–H groups in total. The van der Waals surface area contributed by atoms with E-state index in [0.717, 1.165) is 116 Å². The summed E-state index contributed by atoms with van der Waals surface area (Å²) in [7, 11) is 0. The van der Waals surface area contributed by atoms with E-state index in [-0.39, 0.29) is 49.8 Å². The van der Waals surface area contributed by atoms with Gasteiger partial charge in [0.05, 0.1) is 43.7 Å². The minimum Gasteiger partial charge on any atom is -0.465 e. The van der Waals surface area contributed by atoms with Crippen LogP contribution in [-0.2, 0) is 38.1 Å². The zero-order valence-corrected chi connectivity index (χ0v) is 35.9. The number of rotatable bonds is 40. The van der Waals surface area contributed by atoms with Crippen LogP contribution in [0.5, 0.6) is 0 Å². The van der Waals surface area contributed by atoms with Gasteiger partial charge in [-0.3, -0.25) is 19.2 Å². The van der Waals surface area contributed by atoms with E-state index < -0.39 is 30.6 Å². The highest BCUT2D eigenvalue weighted by Gasteiger charge is 2.33. The van der Waals surface area contributed by atoms with Gasteiger partial charge in [0.1, 0.15) is 13.2 Å². The molecule has 0 aliphatic carbocycles. The van der Waals surface area contributed by atoms with Crippen molar-refractivity contribution in [1.29, 1.82) is 0 Å². The van der Waals surface area contributed by atoms with Gasteiger partial charge in [-0.1, -0.05) is 143 Å². The lowest BCUT2D eigenvalue weighted by atomic mass is 9.92. The molecule has 0 amide bonds. The zero-order chi connectivity index (χ0) is 40.8. The largest absolute Gasteiger partial charge is 0.465 e. The van der Waals surface area contributed by atoms with Gasteiger partial charge in [0.25, 0.3) is 0 Å². The molecule has 0 aliphatic rings. The number of aliphatic hydroxyl groups excluding tert-OH is 2. The van der Waals surface area contributed by atoms with Gasteiger partial charge in [-0.25, -0.2) is 0 Å². The fraction of sp³-hybridized carbons (Fsp3) is 0.911. The SMILES string of the molecule is CCCCCCC(CCCC)C(=O)OCCCCCCCC(=O)OCC(CO)(CO)COC(=O)CCCCCCCOC(=O)C(CCCC)CCCCCC. The Morgan fingerprint density at radius 1 is 0.418 bits per heavy atom. The van der Waals surface area contributed by atoms with Gasteiger partial charge < -0.3 is 29.2 Å². The average Bonchev–Trinajstić information content (AvgIpc) is 3.19. The number of hydrogen-bond acceptors (Lipinski definition) is 10. The van der Waals surface area contributed by atoms with E-state index in [2.05, 4.69) is 27.7 Å². The highest BCUT2D eigenvalue weighted by atomic mass is 16.6. The third-order valence-corrected chi connectivity index (χ3v) is 10.6. The monoisotopic (exact) mass is 785 g/mol. The average molecular weight is 785 g/mol. The summed E-state index contributed by atoms with van der Waals surface area (Å²) < 4.78 is 21.9. The van der Waals surface area contributed by atoms with Gasteiger partial charge in [0.15, 0.2) is 0 Å². The van der Waals surface area contributed by atoms with E-state index in [1.54, 1.807) is 0 Å². The molecule has 0 saturated heterocycles. The van der Waals surface area contributed by atoms with Crippen molar-refractivity contribution in [2.24, 2.45) is 17.3 Å². The number of aliphatic hydroxyl groups is 2. The van der Waals surface area contributed by atoms with Crippen LogP contribution >= 0.6 is 0 Å². The van der Waals surface area contributed by atoms with Crippen molar-refractivity contribution < 1.29 is 48.3 Å². The molecule has 0 rings (SSSR count). The van der Waals surface area contributed by atoms with E-state index in [1.807, 2.05) is 0 Å². The quantitative estimate of drug-likeness (QED) is 0.0350. The summed E-state index contributed by atoms with van der Waals surface area (Å²) in [6.45, 7) is 8.08. The summed E-state index contributed by atoms with van der Waals surface area (Å²) in [5.74, 6) is -0.916. The second-order valence-corrected chi connectivity index (χ2v) is 15.9. The second kappa shape index (κ2) is 37.4.